The van der Waals surface area contributed by atoms with Gasteiger partial charge in [0.2, 0.25) is 5.91 Å². The minimum Gasteiger partial charge on any atom is -0.338 e. The zero-order chi connectivity index (χ0) is 20.9. The van der Waals surface area contributed by atoms with Gasteiger partial charge in [0.05, 0.1) is 6.04 Å². The molecule has 152 valence electrons. The van der Waals surface area contributed by atoms with E-state index in [9.17, 15) is 14.4 Å². The maximum atomic E-state index is 13.2. The van der Waals surface area contributed by atoms with Crippen molar-refractivity contribution in [1.29, 1.82) is 0 Å². The smallest absolute Gasteiger partial charge is 0.261 e. The molecule has 0 bridgehead atoms. The SMILES string of the molecule is CC(=O)N1C[C@H]2CN(C(=O)c3c(C)cc(C)[nH]c3=O)C[C@H]2[C@@H]1c1ccccc1C. The number of aryl methyl sites for hydroxylation is 3. The molecule has 3 heterocycles. The van der Waals surface area contributed by atoms with Crippen molar-refractivity contribution in [2.75, 3.05) is 19.6 Å². The van der Waals surface area contributed by atoms with E-state index in [1.807, 2.05) is 30.0 Å². The number of nitrogens with zero attached hydrogens (tertiary/aromatic N) is 2. The second-order valence-corrected chi connectivity index (χ2v) is 8.45. The summed E-state index contributed by atoms with van der Waals surface area (Å²) in [5.74, 6) is 0.249. The summed E-state index contributed by atoms with van der Waals surface area (Å²) in [5.41, 5.74) is 3.65. The predicted molar refractivity (Wildman–Crippen MR) is 111 cm³/mol. The van der Waals surface area contributed by atoms with Gasteiger partial charge in [-0.25, -0.2) is 0 Å². The molecule has 3 atom stereocenters. The van der Waals surface area contributed by atoms with Gasteiger partial charge in [-0.05, 0) is 43.5 Å². The Kier molecular flexibility index (Phi) is 4.81. The number of carbonyl (C=O) groups is 2. The van der Waals surface area contributed by atoms with E-state index in [2.05, 4.69) is 24.0 Å². The molecule has 6 heteroatoms. The fraction of sp³-hybridized carbons (Fsp3) is 0.435. The Bertz CT molecular complexity index is 1040. The van der Waals surface area contributed by atoms with Crippen molar-refractivity contribution in [2.45, 2.75) is 33.7 Å². The highest BCUT2D eigenvalue weighted by molar-refractivity contribution is 5.95. The third kappa shape index (κ3) is 3.26. The van der Waals surface area contributed by atoms with Crippen molar-refractivity contribution in [3.05, 3.63) is 68.6 Å². The fourth-order valence-corrected chi connectivity index (χ4v) is 5.13. The summed E-state index contributed by atoms with van der Waals surface area (Å²) in [6, 6.07) is 9.94. The van der Waals surface area contributed by atoms with Crippen LogP contribution in [0.3, 0.4) is 0 Å². The zero-order valence-electron chi connectivity index (χ0n) is 17.4. The lowest BCUT2D eigenvalue weighted by atomic mass is 9.87. The Labute approximate surface area is 170 Å². The monoisotopic (exact) mass is 393 g/mol. The van der Waals surface area contributed by atoms with Gasteiger partial charge in [-0.15, -0.1) is 0 Å². The predicted octanol–water partition coefficient (Wildman–Crippen LogP) is 2.59. The van der Waals surface area contributed by atoms with E-state index in [0.717, 1.165) is 16.8 Å². The van der Waals surface area contributed by atoms with Gasteiger partial charge in [-0.2, -0.15) is 0 Å². The molecule has 6 nitrogen and oxygen atoms in total. The summed E-state index contributed by atoms with van der Waals surface area (Å²) in [5, 5.41) is 0. The van der Waals surface area contributed by atoms with E-state index in [1.165, 1.54) is 0 Å². The van der Waals surface area contributed by atoms with Crippen LogP contribution in [0.25, 0.3) is 0 Å². The molecule has 29 heavy (non-hydrogen) atoms. The quantitative estimate of drug-likeness (QED) is 0.852. The van der Waals surface area contributed by atoms with Gasteiger partial charge in [-0.1, -0.05) is 24.3 Å². The number of H-pyrrole nitrogens is 1. The van der Waals surface area contributed by atoms with Crippen molar-refractivity contribution in [1.82, 2.24) is 14.8 Å². The number of carbonyl (C=O) groups excluding carboxylic acids is 2. The van der Waals surface area contributed by atoms with Gasteiger partial charge < -0.3 is 14.8 Å². The molecule has 2 aliphatic rings. The number of fused-ring (bicyclic) bond motifs is 1. The third-order valence-electron chi connectivity index (χ3n) is 6.44. The molecule has 0 radical (unpaired) electrons. The van der Waals surface area contributed by atoms with Gasteiger partial charge in [0, 0.05) is 44.1 Å². The number of amides is 2. The summed E-state index contributed by atoms with van der Waals surface area (Å²) in [4.78, 5) is 44.4. The van der Waals surface area contributed by atoms with Crippen molar-refractivity contribution >= 4 is 11.8 Å². The molecule has 2 aliphatic heterocycles. The summed E-state index contributed by atoms with van der Waals surface area (Å²) in [6.07, 6.45) is 0. The second-order valence-electron chi connectivity index (χ2n) is 8.45. The number of benzene rings is 1. The number of rotatable bonds is 2. The van der Waals surface area contributed by atoms with Crippen molar-refractivity contribution in [3.8, 4) is 0 Å². The van der Waals surface area contributed by atoms with Gasteiger partial charge in [0.25, 0.3) is 11.5 Å². The summed E-state index contributed by atoms with van der Waals surface area (Å²) in [7, 11) is 0. The summed E-state index contributed by atoms with van der Waals surface area (Å²) >= 11 is 0. The van der Waals surface area contributed by atoms with Crippen LogP contribution >= 0.6 is 0 Å². The zero-order valence-corrected chi connectivity index (χ0v) is 17.4. The molecule has 1 aromatic carbocycles. The average molecular weight is 393 g/mol. The number of nitrogens with one attached hydrogen (secondary N) is 1. The van der Waals surface area contributed by atoms with Gasteiger partial charge in [0.1, 0.15) is 5.56 Å². The van der Waals surface area contributed by atoms with Gasteiger partial charge in [0.15, 0.2) is 0 Å². The Morgan fingerprint density at radius 3 is 2.41 bits per heavy atom. The first-order valence-corrected chi connectivity index (χ1v) is 10.1. The molecule has 2 saturated heterocycles. The molecule has 1 N–H and O–H groups in total. The maximum absolute atomic E-state index is 13.2. The minimum absolute atomic E-state index is 0.0334. The molecule has 0 spiro atoms. The molecule has 0 aliphatic carbocycles. The van der Waals surface area contributed by atoms with Crippen LogP contribution in [0, 0.1) is 32.6 Å². The number of hydrogen-bond acceptors (Lipinski definition) is 3. The Hall–Kier alpha value is -2.89. The summed E-state index contributed by atoms with van der Waals surface area (Å²) < 4.78 is 0. The van der Waals surface area contributed by atoms with E-state index >= 15 is 0 Å². The lowest BCUT2D eigenvalue weighted by Crippen LogP contribution is -2.38. The molecule has 0 unspecified atom stereocenters. The van der Waals surface area contributed by atoms with Crippen molar-refractivity contribution in [3.63, 3.8) is 0 Å². The Morgan fingerprint density at radius 2 is 1.76 bits per heavy atom. The molecule has 2 aromatic rings. The maximum Gasteiger partial charge on any atom is 0.261 e. The van der Waals surface area contributed by atoms with E-state index in [0.29, 0.717) is 25.2 Å². The Balaban J connectivity index is 1.65. The third-order valence-corrected chi connectivity index (χ3v) is 6.44. The minimum atomic E-state index is -0.328. The lowest BCUT2D eigenvalue weighted by Gasteiger charge is -2.30. The van der Waals surface area contributed by atoms with Crippen molar-refractivity contribution in [2.24, 2.45) is 11.8 Å². The molecule has 2 fully saturated rings. The van der Waals surface area contributed by atoms with Crippen LogP contribution < -0.4 is 5.56 Å². The largest absolute Gasteiger partial charge is 0.338 e. The first-order chi connectivity index (χ1) is 13.8. The Morgan fingerprint density at radius 1 is 1.03 bits per heavy atom. The first kappa shape index (κ1) is 19.4. The number of aromatic nitrogens is 1. The van der Waals surface area contributed by atoms with Crippen LogP contribution in [0.15, 0.2) is 35.1 Å². The standard InChI is InChI=1S/C23H27N3O3/c1-13-7-5-6-8-18(13)21-19-12-25(10-17(19)11-26(21)16(4)27)23(29)20-14(2)9-15(3)24-22(20)28/h5-9,17,19,21H,10-12H2,1-4H3,(H,24,28)/t17-,19-,21+/m1/s1. The normalized spacial score (nSPS) is 23.4. The highest BCUT2D eigenvalue weighted by Gasteiger charge is 2.50. The van der Waals surface area contributed by atoms with E-state index in [1.54, 1.807) is 18.7 Å². The van der Waals surface area contributed by atoms with Crippen molar-refractivity contribution < 1.29 is 9.59 Å². The van der Waals surface area contributed by atoms with Crippen LogP contribution in [-0.2, 0) is 4.79 Å². The van der Waals surface area contributed by atoms with Crippen LogP contribution in [0.2, 0.25) is 0 Å². The second kappa shape index (κ2) is 7.17. The van der Waals surface area contributed by atoms with Crippen LogP contribution in [-0.4, -0.2) is 46.2 Å². The molecule has 4 rings (SSSR count). The highest BCUT2D eigenvalue weighted by Crippen LogP contribution is 2.46. The van der Waals surface area contributed by atoms with Crippen LogP contribution in [0.4, 0.5) is 0 Å². The van der Waals surface area contributed by atoms with Gasteiger partial charge >= 0.3 is 0 Å². The molecule has 2 amide bonds. The highest BCUT2D eigenvalue weighted by atomic mass is 16.2. The fourth-order valence-electron chi connectivity index (χ4n) is 5.13. The summed E-state index contributed by atoms with van der Waals surface area (Å²) in [6.45, 7) is 9.07. The van der Waals surface area contributed by atoms with Gasteiger partial charge in [-0.3, -0.25) is 14.4 Å². The van der Waals surface area contributed by atoms with E-state index in [-0.39, 0.29) is 40.8 Å². The topological polar surface area (TPSA) is 73.5 Å². The van der Waals surface area contributed by atoms with Crippen LogP contribution in [0.5, 0.6) is 0 Å². The number of aromatic amines is 1. The van der Waals surface area contributed by atoms with Crippen LogP contribution in [0.1, 0.15) is 45.7 Å². The van der Waals surface area contributed by atoms with E-state index in [4.69, 9.17) is 0 Å². The first-order valence-electron chi connectivity index (χ1n) is 10.1. The molecular formula is C23H27N3O3. The lowest BCUT2D eigenvalue weighted by molar-refractivity contribution is -0.130. The molecule has 1 aromatic heterocycles. The van der Waals surface area contributed by atoms with E-state index < -0.39 is 0 Å². The molecular weight excluding hydrogens is 366 g/mol. The number of hydrogen-bond donors (Lipinski definition) is 1. The molecule has 0 saturated carbocycles. The number of pyridine rings is 1. The number of likely N-dealkylation sites (tertiary alicyclic amines) is 2. The average Bonchev–Trinajstić information content (AvgIpc) is 3.19.